The van der Waals surface area contributed by atoms with Crippen LogP contribution in [0.25, 0.3) is 22.0 Å². The second kappa shape index (κ2) is 8.07. The molecule has 1 aliphatic heterocycles. The molecule has 5 rings (SSSR count). The number of hydrogen-bond acceptors (Lipinski definition) is 5. The maximum atomic E-state index is 11.6. The number of ether oxygens (including phenoxy) is 1. The van der Waals surface area contributed by atoms with Gasteiger partial charge in [0.05, 0.1) is 24.4 Å². The maximum absolute atomic E-state index is 11.6. The van der Waals surface area contributed by atoms with Crippen molar-refractivity contribution < 1.29 is 9.53 Å². The van der Waals surface area contributed by atoms with Crippen LogP contribution in [-0.2, 0) is 9.53 Å². The van der Waals surface area contributed by atoms with Gasteiger partial charge in [0.2, 0.25) is 0 Å². The fraction of sp³-hybridized carbons (Fsp3) is 0.360. The van der Waals surface area contributed by atoms with E-state index in [1.807, 2.05) is 6.07 Å². The van der Waals surface area contributed by atoms with E-state index in [1.165, 1.54) is 11.1 Å². The summed E-state index contributed by atoms with van der Waals surface area (Å²) in [5.74, 6) is 1.00. The number of anilines is 2. The molecule has 0 bridgehead atoms. The van der Waals surface area contributed by atoms with Crippen LogP contribution in [0.4, 0.5) is 11.5 Å². The molecule has 0 radical (unpaired) electrons. The highest BCUT2D eigenvalue weighted by molar-refractivity contribution is 5.90. The second-order valence-electron chi connectivity index (χ2n) is 8.32. The Morgan fingerprint density at radius 3 is 2.73 bits per heavy atom. The van der Waals surface area contributed by atoms with Crippen molar-refractivity contribution in [3.8, 4) is 11.1 Å². The van der Waals surface area contributed by atoms with Crippen LogP contribution in [0, 0.1) is 5.92 Å². The summed E-state index contributed by atoms with van der Waals surface area (Å²) < 4.78 is 5.48. The van der Waals surface area contributed by atoms with Crippen molar-refractivity contribution in [2.45, 2.75) is 25.2 Å². The molecule has 0 spiro atoms. The van der Waals surface area contributed by atoms with Crippen molar-refractivity contribution in [1.29, 1.82) is 0 Å². The van der Waals surface area contributed by atoms with Crippen LogP contribution in [0.5, 0.6) is 0 Å². The zero-order valence-corrected chi connectivity index (χ0v) is 17.1. The Labute approximate surface area is 176 Å². The number of fused-ring (bicyclic) bond motifs is 1. The zero-order chi connectivity index (χ0) is 20.5. The van der Waals surface area contributed by atoms with Crippen LogP contribution >= 0.6 is 0 Å². The predicted octanol–water partition coefficient (Wildman–Crippen LogP) is 4.40. The molecule has 1 saturated heterocycles. The molecule has 3 aromatic rings. The van der Waals surface area contributed by atoms with E-state index in [-0.39, 0.29) is 5.92 Å². The van der Waals surface area contributed by atoms with Gasteiger partial charge >= 0.3 is 0 Å². The summed E-state index contributed by atoms with van der Waals surface area (Å²) >= 11 is 0. The number of carbonyl (C=O) groups excluding carboxylic acids is 1. The monoisotopic (exact) mass is 401 g/mol. The number of nitrogens with two attached hydrogens (primary N) is 1. The minimum absolute atomic E-state index is 0.126. The number of hydrogen-bond donors (Lipinski definition) is 1. The number of benzene rings is 2. The van der Waals surface area contributed by atoms with Gasteiger partial charge in [-0.05, 0) is 53.6 Å². The third-order valence-corrected chi connectivity index (χ3v) is 6.59. The molecule has 2 aliphatic rings. The van der Waals surface area contributed by atoms with E-state index in [4.69, 9.17) is 10.5 Å². The van der Waals surface area contributed by atoms with Crippen molar-refractivity contribution in [2.24, 2.45) is 5.92 Å². The van der Waals surface area contributed by atoms with Crippen molar-refractivity contribution in [3.05, 3.63) is 54.1 Å². The lowest BCUT2D eigenvalue weighted by molar-refractivity contribution is -0.111. The molecule has 2 aromatic carbocycles. The third kappa shape index (κ3) is 3.43. The normalized spacial score (nSPS) is 21.8. The first-order valence-corrected chi connectivity index (χ1v) is 10.8. The molecule has 1 aromatic heterocycles. The average molecular weight is 402 g/mol. The summed E-state index contributed by atoms with van der Waals surface area (Å²) in [6, 6.07) is 17.0. The number of nitrogens with zero attached hydrogens (tertiary/aromatic N) is 2. The minimum Gasteiger partial charge on any atom is -0.382 e. The van der Waals surface area contributed by atoms with E-state index in [2.05, 4.69) is 52.3 Å². The van der Waals surface area contributed by atoms with Gasteiger partial charge < -0.3 is 20.2 Å². The molecule has 1 saturated carbocycles. The van der Waals surface area contributed by atoms with Crippen molar-refractivity contribution >= 4 is 28.7 Å². The lowest BCUT2D eigenvalue weighted by Crippen LogP contribution is -2.36. The highest BCUT2D eigenvalue weighted by atomic mass is 16.5. The van der Waals surface area contributed by atoms with Crippen molar-refractivity contribution in [3.63, 3.8) is 0 Å². The Bertz CT molecular complexity index is 1080. The largest absolute Gasteiger partial charge is 0.382 e. The van der Waals surface area contributed by atoms with Gasteiger partial charge in [-0.3, -0.25) is 0 Å². The zero-order valence-electron chi connectivity index (χ0n) is 17.1. The summed E-state index contributed by atoms with van der Waals surface area (Å²) in [5, 5.41) is 1.08. The molecule has 2 N–H and O–H groups in total. The van der Waals surface area contributed by atoms with E-state index in [0.29, 0.717) is 24.9 Å². The maximum Gasteiger partial charge on any atom is 0.147 e. The lowest BCUT2D eigenvalue weighted by atomic mass is 9.84. The fourth-order valence-corrected chi connectivity index (χ4v) is 5.03. The van der Waals surface area contributed by atoms with E-state index in [1.54, 1.807) is 0 Å². The van der Waals surface area contributed by atoms with Gasteiger partial charge in [-0.15, -0.1) is 0 Å². The van der Waals surface area contributed by atoms with Gasteiger partial charge in [0.15, 0.2) is 0 Å². The predicted molar refractivity (Wildman–Crippen MR) is 121 cm³/mol. The van der Waals surface area contributed by atoms with Crippen LogP contribution in [-0.4, -0.2) is 37.6 Å². The third-order valence-electron chi connectivity index (χ3n) is 6.59. The molecular weight excluding hydrogens is 374 g/mol. The summed E-state index contributed by atoms with van der Waals surface area (Å²) in [6.07, 6.45) is 4.34. The quantitative estimate of drug-likeness (QED) is 0.656. The number of carbonyl (C=O) groups is 1. The average Bonchev–Trinajstić information content (AvgIpc) is 3.28. The molecule has 5 heteroatoms. The summed E-state index contributed by atoms with van der Waals surface area (Å²) in [7, 11) is 0. The number of morpholine rings is 1. The fourth-order valence-electron chi connectivity index (χ4n) is 5.03. The number of pyridine rings is 1. The van der Waals surface area contributed by atoms with Crippen LogP contribution in [0.3, 0.4) is 0 Å². The second-order valence-corrected chi connectivity index (χ2v) is 8.32. The number of rotatable bonds is 4. The molecule has 2 atom stereocenters. The molecule has 2 unspecified atom stereocenters. The van der Waals surface area contributed by atoms with Gasteiger partial charge in [-0.1, -0.05) is 36.8 Å². The van der Waals surface area contributed by atoms with Crippen LogP contribution < -0.4 is 10.6 Å². The highest BCUT2D eigenvalue weighted by Gasteiger charge is 2.29. The van der Waals surface area contributed by atoms with Gasteiger partial charge in [0.1, 0.15) is 12.1 Å². The van der Waals surface area contributed by atoms with Gasteiger partial charge in [0, 0.05) is 24.4 Å². The number of nitrogen functional groups attached to an aromatic ring is 1. The Hall–Kier alpha value is -2.92. The first kappa shape index (κ1) is 19.1. The minimum atomic E-state index is 0.126. The van der Waals surface area contributed by atoms with Gasteiger partial charge in [-0.25, -0.2) is 4.98 Å². The Kier molecular flexibility index (Phi) is 5.13. The molecule has 2 fully saturated rings. The van der Waals surface area contributed by atoms with E-state index in [0.717, 1.165) is 60.8 Å². The Morgan fingerprint density at radius 1 is 1.07 bits per heavy atom. The number of aldehydes is 1. The molecule has 0 amide bonds. The summed E-state index contributed by atoms with van der Waals surface area (Å²) in [4.78, 5) is 18.5. The van der Waals surface area contributed by atoms with Crippen LogP contribution in [0.1, 0.15) is 30.7 Å². The smallest absolute Gasteiger partial charge is 0.147 e. The number of aromatic nitrogens is 1. The summed E-state index contributed by atoms with van der Waals surface area (Å²) in [6.45, 7) is 3.08. The van der Waals surface area contributed by atoms with Crippen molar-refractivity contribution in [1.82, 2.24) is 4.98 Å². The molecule has 154 valence electrons. The molecular formula is C25H27N3O2. The summed E-state index contributed by atoms with van der Waals surface area (Å²) in [5.41, 5.74) is 11.8. The first-order valence-electron chi connectivity index (χ1n) is 10.8. The van der Waals surface area contributed by atoms with E-state index in [9.17, 15) is 4.79 Å². The lowest BCUT2D eigenvalue weighted by Gasteiger charge is -2.29. The first-order chi connectivity index (χ1) is 14.7. The van der Waals surface area contributed by atoms with Crippen molar-refractivity contribution in [2.75, 3.05) is 36.9 Å². The Morgan fingerprint density at radius 2 is 1.90 bits per heavy atom. The Balaban J connectivity index is 1.57. The van der Waals surface area contributed by atoms with E-state index >= 15 is 0 Å². The molecule has 30 heavy (non-hydrogen) atoms. The highest BCUT2D eigenvalue weighted by Crippen LogP contribution is 2.42. The van der Waals surface area contributed by atoms with Crippen LogP contribution in [0.15, 0.2) is 48.5 Å². The standard InChI is InChI=1S/C25H27N3O2/c26-25-24(28-10-12-30-13-11-28)15-19-14-17(8-9-23(19)27-25)20-5-1-2-6-22(20)21-7-3-4-18(21)16-29/h1-2,5-6,8-9,14-16,18,21H,3-4,7,10-13H2,(H2,26,27). The molecule has 5 nitrogen and oxygen atoms in total. The van der Waals surface area contributed by atoms with Crippen LogP contribution in [0.2, 0.25) is 0 Å². The molecule has 1 aliphatic carbocycles. The van der Waals surface area contributed by atoms with E-state index < -0.39 is 0 Å². The SMILES string of the molecule is Nc1nc2ccc(-c3ccccc3C3CCCC3C=O)cc2cc1N1CCOCC1. The van der Waals surface area contributed by atoms with Gasteiger partial charge in [-0.2, -0.15) is 0 Å². The van der Waals surface area contributed by atoms with Gasteiger partial charge in [0.25, 0.3) is 0 Å². The molecule has 2 heterocycles. The topological polar surface area (TPSA) is 68.5 Å².